The van der Waals surface area contributed by atoms with Crippen LogP contribution in [0.5, 0.6) is 0 Å². The van der Waals surface area contributed by atoms with E-state index < -0.39 is 116 Å². The molecule has 3 saturated heterocycles. The highest BCUT2D eigenvalue weighted by Gasteiger charge is 2.73. The maximum Gasteiger partial charge on any atom is 0.338 e. The molecule has 0 amide bonds. The van der Waals surface area contributed by atoms with Gasteiger partial charge in [-0.2, -0.15) is 0 Å². The fourth-order valence-corrected chi connectivity index (χ4v) is 13.9. The van der Waals surface area contributed by atoms with Gasteiger partial charge in [-0.15, -0.1) is 0 Å². The van der Waals surface area contributed by atoms with Crippen molar-refractivity contribution in [2.24, 2.45) is 46.3 Å². The van der Waals surface area contributed by atoms with Crippen LogP contribution < -0.4 is 0 Å². The maximum atomic E-state index is 13.6. The number of hydrogen-bond donors (Lipinski definition) is 10. The van der Waals surface area contributed by atoms with Crippen LogP contribution in [0.2, 0.25) is 0 Å². The Labute approximate surface area is 379 Å². The van der Waals surface area contributed by atoms with Crippen LogP contribution in [0.1, 0.15) is 89.4 Å². The Bertz CT molecular complexity index is 1790. The second-order valence-corrected chi connectivity index (χ2v) is 21.0. The molecule has 0 bridgehead atoms. The summed E-state index contributed by atoms with van der Waals surface area (Å²) < 4.78 is 42.9. The van der Waals surface area contributed by atoms with E-state index in [1.165, 1.54) is 0 Å². The summed E-state index contributed by atoms with van der Waals surface area (Å²) in [5.74, 6) is -1.51. The molecule has 3 heterocycles. The summed E-state index contributed by atoms with van der Waals surface area (Å²) in [6.07, 6.45) is -14.3. The Hall–Kier alpha value is -1.95. The Balaban J connectivity index is 0.982. The first-order valence-electron chi connectivity index (χ1n) is 23.5. The maximum absolute atomic E-state index is 13.6. The molecule has 4 saturated carbocycles. The first-order chi connectivity index (χ1) is 30.8. The van der Waals surface area contributed by atoms with E-state index in [2.05, 4.69) is 13.8 Å². The highest BCUT2D eigenvalue weighted by molar-refractivity contribution is 5.89. The lowest BCUT2D eigenvalue weighted by Crippen LogP contribution is -2.71. The quantitative estimate of drug-likeness (QED) is 0.0919. The standard InChI is InChI=1S/C47H72O18/c1-22(21-60-42-39(55)37(53)35(51)31(19-48)63-42)11-14-47(59-5)23(2)34-28(65-47)16-27-25-15-33(50)46(58)18-30(61-41(57)24-9-7-6-8-10-24)29(17-45(46,4)26(25)12-13-44(27,34)3)62-43-40(56)38(54)36(52)32(20-49)64-43/h6-10,22-23,25-40,42-43,48-56,58H,11-21H2,1-5H3/t22-,23+,25-,26+,27+,28+,29-,30-,31-,32-,33-,34+,35-,36-,37+,38+,39-,40-,42-,43-,44+,45-,46+,47+/m1/s1. The third kappa shape index (κ3) is 8.31. The Morgan fingerprint density at radius 3 is 2.09 bits per heavy atom. The Morgan fingerprint density at radius 1 is 0.831 bits per heavy atom. The lowest BCUT2D eigenvalue weighted by atomic mass is 9.42. The van der Waals surface area contributed by atoms with E-state index in [4.69, 9.17) is 33.2 Å². The number of carbonyl (C=O) groups is 1. The molecule has 1 aromatic carbocycles. The van der Waals surface area contributed by atoms with E-state index in [0.717, 1.165) is 12.8 Å². The van der Waals surface area contributed by atoms with Gasteiger partial charge >= 0.3 is 5.97 Å². The van der Waals surface area contributed by atoms with E-state index in [1.54, 1.807) is 37.4 Å². The van der Waals surface area contributed by atoms with Gasteiger partial charge in [-0.05, 0) is 85.7 Å². The van der Waals surface area contributed by atoms with E-state index in [9.17, 15) is 55.9 Å². The number of fused-ring (bicyclic) bond motifs is 7. The molecular formula is C47H72O18. The Morgan fingerprint density at radius 2 is 1.46 bits per heavy atom. The fourth-order valence-electron chi connectivity index (χ4n) is 13.9. The van der Waals surface area contributed by atoms with Crippen molar-refractivity contribution < 1.29 is 89.0 Å². The minimum atomic E-state index is -1.71. The summed E-state index contributed by atoms with van der Waals surface area (Å²) in [7, 11) is 1.67. The zero-order chi connectivity index (χ0) is 47.0. The molecule has 7 fully saturated rings. The summed E-state index contributed by atoms with van der Waals surface area (Å²) in [6, 6.07) is 8.35. The average molecular weight is 925 g/mol. The average Bonchev–Trinajstić information content (AvgIpc) is 3.75. The zero-order valence-electron chi connectivity index (χ0n) is 38.0. The first kappa shape index (κ1) is 49.5. The van der Waals surface area contributed by atoms with Gasteiger partial charge in [-0.3, -0.25) is 0 Å². The molecule has 18 heteroatoms. The minimum absolute atomic E-state index is 0.0188. The first-order valence-corrected chi connectivity index (χ1v) is 23.5. The number of carbonyl (C=O) groups excluding carboxylic acids is 1. The third-order valence-electron chi connectivity index (χ3n) is 17.7. The van der Waals surface area contributed by atoms with Gasteiger partial charge in [0.1, 0.15) is 54.9 Å². The van der Waals surface area contributed by atoms with Crippen LogP contribution in [0.3, 0.4) is 0 Å². The normalized spacial score (nSPS) is 51.0. The molecule has 0 unspecified atom stereocenters. The molecular weight excluding hydrogens is 852 g/mol. The number of rotatable bonds is 13. The molecule has 1 aromatic rings. The van der Waals surface area contributed by atoms with Crippen molar-refractivity contribution in [3.05, 3.63) is 35.9 Å². The van der Waals surface area contributed by atoms with Crippen molar-refractivity contribution in [2.75, 3.05) is 26.9 Å². The van der Waals surface area contributed by atoms with Crippen molar-refractivity contribution in [2.45, 2.75) is 176 Å². The Kier molecular flexibility index (Phi) is 14.3. The summed E-state index contributed by atoms with van der Waals surface area (Å²) in [5, 5.41) is 108. The van der Waals surface area contributed by atoms with Crippen LogP contribution in [0.15, 0.2) is 30.3 Å². The third-order valence-corrected chi connectivity index (χ3v) is 17.7. The smallest absolute Gasteiger partial charge is 0.338 e. The monoisotopic (exact) mass is 924 g/mol. The molecule has 8 rings (SSSR count). The summed E-state index contributed by atoms with van der Waals surface area (Å²) in [6.45, 7) is 7.42. The number of hydrogen-bond acceptors (Lipinski definition) is 18. The minimum Gasteiger partial charge on any atom is -0.456 e. The molecule has 65 heavy (non-hydrogen) atoms. The topological polar surface area (TPSA) is 284 Å². The summed E-state index contributed by atoms with van der Waals surface area (Å²) in [5.41, 5.74) is -2.62. The molecule has 3 aliphatic heterocycles. The molecule has 0 aromatic heterocycles. The zero-order valence-corrected chi connectivity index (χ0v) is 38.0. The molecule has 10 N–H and O–H groups in total. The van der Waals surface area contributed by atoms with E-state index in [-0.39, 0.29) is 72.0 Å². The van der Waals surface area contributed by atoms with Crippen molar-refractivity contribution in [1.82, 2.24) is 0 Å². The largest absolute Gasteiger partial charge is 0.456 e. The van der Waals surface area contributed by atoms with Crippen LogP contribution in [0.4, 0.5) is 0 Å². The van der Waals surface area contributed by atoms with E-state index >= 15 is 0 Å². The predicted molar refractivity (Wildman–Crippen MR) is 225 cm³/mol. The number of esters is 1. The summed E-state index contributed by atoms with van der Waals surface area (Å²) in [4.78, 5) is 13.6. The number of methoxy groups -OCH3 is 1. The molecule has 24 atom stereocenters. The lowest BCUT2D eigenvalue weighted by Gasteiger charge is -2.66. The van der Waals surface area contributed by atoms with Gasteiger partial charge < -0.3 is 84.2 Å². The number of aliphatic hydroxyl groups excluding tert-OH is 9. The van der Waals surface area contributed by atoms with Gasteiger partial charge in [0.2, 0.25) is 0 Å². The molecule has 0 spiro atoms. The second kappa shape index (κ2) is 18.8. The highest BCUT2D eigenvalue weighted by atomic mass is 16.7. The van der Waals surface area contributed by atoms with Gasteiger partial charge in [0.05, 0.1) is 49.3 Å². The van der Waals surface area contributed by atoms with Crippen LogP contribution in [-0.2, 0) is 33.2 Å². The van der Waals surface area contributed by atoms with Crippen LogP contribution in [0, 0.1) is 46.3 Å². The van der Waals surface area contributed by atoms with Gasteiger partial charge in [0.25, 0.3) is 0 Å². The lowest BCUT2D eigenvalue weighted by molar-refractivity contribution is -0.339. The SMILES string of the molecule is CO[C@@]1(CC[C@@H](C)CO[C@@H]2O[C@H](CO)[C@@H](O)[C@H](O)[C@H]2O)O[C@H]2C[C@H]3[C@@H]4C[C@@H](O)[C@@]5(O)C[C@@H](OC(=O)c6ccccc6)[C@H](O[C@@H]6O[C@H](CO)[C@@H](O)[C@H](O)[C@H]6O)C[C@]5(C)[C@H]4CC[C@]3(C)[C@H]2[C@@H]1C. The number of aliphatic hydroxyl groups is 10. The van der Waals surface area contributed by atoms with Gasteiger partial charge in [0.15, 0.2) is 18.4 Å². The van der Waals surface area contributed by atoms with Crippen LogP contribution in [0.25, 0.3) is 0 Å². The van der Waals surface area contributed by atoms with Gasteiger partial charge in [0, 0.05) is 31.3 Å². The number of ether oxygens (including phenoxy) is 7. The highest BCUT2D eigenvalue weighted by Crippen LogP contribution is 2.72. The van der Waals surface area contributed by atoms with Gasteiger partial charge in [-0.25, -0.2) is 4.79 Å². The van der Waals surface area contributed by atoms with Crippen molar-refractivity contribution in [1.29, 1.82) is 0 Å². The van der Waals surface area contributed by atoms with Crippen molar-refractivity contribution in [3.8, 4) is 0 Å². The van der Waals surface area contributed by atoms with E-state index in [1.807, 2.05) is 13.8 Å². The molecule has 18 nitrogen and oxygen atoms in total. The van der Waals surface area contributed by atoms with Crippen molar-refractivity contribution in [3.63, 3.8) is 0 Å². The number of benzene rings is 1. The molecule has 4 aliphatic carbocycles. The van der Waals surface area contributed by atoms with Crippen molar-refractivity contribution >= 4 is 5.97 Å². The van der Waals surface area contributed by atoms with Crippen LogP contribution in [-0.4, -0.2) is 181 Å². The molecule has 368 valence electrons. The second-order valence-electron chi connectivity index (χ2n) is 21.0. The fraction of sp³-hybridized carbons (Fsp3) is 0.851. The summed E-state index contributed by atoms with van der Waals surface area (Å²) >= 11 is 0. The molecule has 7 aliphatic rings. The van der Waals surface area contributed by atoms with E-state index in [0.29, 0.717) is 25.7 Å². The van der Waals surface area contributed by atoms with Gasteiger partial charge in [-0.1, -0.05) is 45.9 Å². The van der Waals surface area contributed by atoms with Crippen LogP contribution >= 0.6 is 0 Å². The predicted octanol–water partition coefficient (Wildman–Crippen LogP) is -0.0281. The molecule has 0 radical (unpaired) electrons.